The number of nitrogens with zero attached hydrogens (tertiary/aromatic N) is 2. The first-order valence-electron chi connectivity index (χ1n) is 11.2. The second-order valence-electron chi connectivity index (χ2n) is 7.98. The zero-order chi connectivity index (χ0) is 22.5. The number of thiophene rings is 1. The summed E-state index contributed by atoms with van der Waals surface area (Å²) in [4.78, 5) is 28.8. The molecule has 1 aliphatic heterocycles. The molecule has 0 unspecified atom stereocenters. The number of fused-ring (bicyclic) bond motifs is 1. The molecule has 2 aliphatic rings. The first-order valence-corrected chi connectivity index (χ1v) is 12.0. The third-order valence-electron chi connectivity index (χ3n) is 5.81. The Balaban J connectivity index is 1.55. The van der Waals surface area contributed by atoms with E-state index in [1.54, 1.807) is 13.0 Å². The van der Waals surface area contributed by atoms with E-state index in [0.717, 1.165) is 67.9 Å². The van der Waals surface area contributed by atoms with Crippen molar-refractivity contribution in [1.82, 2.24) is 0 Å². The van der Waals surface area contributed by atoms with Crippen LogP contribution in [0.2, 0.25) is 0 Å². The van der Waals surface area contributed by atoms with Crippen LogP contribution in [0.5, 0.6) is 0 Å². The number of nitrogens with one attached hydrogen (secondary N) is 1. The molecule has 2 aromatic heterocycles. The largest absolute Gasteiger partial charge is 0.462 e. The van der Waals surface area contributed by atoms with E-state index < -0.39 is 11.9 Å². The van der Waals surface area contributed by atoms with Gasteiger partial charge in [-0.05, 0) is 63.5 Å². The molecule has 4 rings (SSSR count). The Hall–Kier alpha value is -3.05. The van der Waals surface area contributed by atoms with Crippen LogP contribution >= 0.6 is 11.3 Å². The van der Waals surface area contributed by atoms with Crippen LogP contribution in [0.4, 0.5) is 10.9 Å². The van der Waals surface area contributed by atoms with Crippen LogP contribution in [0, 0.1) is 11.3 Å². The predicted molar refractivity (Wildman–Crippen MR) is 124 cm³/mol. The maximum atomic E-state index is 12.9. The molecule has 0 radical (unpaired) electrons. The quantitative estimate of drug-likeness (QED) is 0.378. The first-order chi connectivity index (χ1) is 15.6. The Morgan fingerprint density at radius 3 is 2.75 bits per heavy atom. The fourth-order valence-corrected chi connectivity index (χ4v) is 5.51. The summed E-state index contributed by atoms with van der Waals surface area (Å²) in [5.74, 6) is 0.215. The topological polar surface area (TPSA) is 95.6 Å². The minimum atomic E-state index is -0.562. The van der Waals surface area contributed by atoms with Gasteiger partial charge in [-0.25, -0.2) is 4.79 Å². The molecule has 2 aromatic rings. The Morgan fingerprint density at radius 1 is 1.22 bits per heavy atom. The summed E-state index contributed by atoms with van der Waals surface area (Å²) in [6, 6.07) is 5.60. The zero-order valence-corrected chi connectivity index (χ0v) is 19.1. The first kappa shape index (κ1) is 22.2. The minimum absolute atomic E-state index is 0.0780. The Bertz CT molecular complexity index is 1070. The molecule has 0 atom stereocenters. The van der Waals surface area contributed by atoms with Crippen molar-refractivity contribution >= 4 is 40.2 Å². The molecule has 0 spiro atoms. The fourth-order valence-electron chi connectivity index (χ4n) is 4.24. The van der Waals surface area contributed by atoms with Crippen LogP contribution < -0.4 is 10.2 Å². The van der Waals surface area contributed by atoms with Gasteiger partial charge in [0.1, 0.15) is 22.4 Å². The summed E-state index contributed by atoms with van der Waals surface area (Å²) < 4.78 is 11.1. The number of aryl methyl sites for hydroxylation is 1. The van der Waals surface area contributed by atoms with Gasteiger partial charge in [-0.1, -0.05) is 0 Å². The molecule has 32 heavy (non-hydrogen) atoms. The van der Waals surface area contributed by atoms with E-state index >= 15 is 0 Å². The van der Waals surface area contributed by atoms with Gasteiger partial charge in [0.2, 0.25) is 0 Å². The number of anilines is 2. The van der Waals surface area contributed by atoms with Crippen molar-refractivity contribution in [3.05, 3.63) is 39.5 Å². The van der Waals surface area contributed by atoms with Gasteiger partial charge in [0.05, 0.1) is 12.2 Å². The molecule has 1 saturated heterocycles. The van der Waals surface area contributed by atoms with Gasteiger partial charge in [0.15, 0.2) is 5.88 Å². The molecule has 8 heteroatoms. The van der Waals surface area contributed by atoms with Crippen molar-refractivity contribution in [3.63, 3.8) is 0 Å². The molecule has 3 heterocycles. The van der Waals surface area contributed by atoms with E-state index in [4.69, 9.17) is 9.15 Å². The number of hydrogen-bond donors (Lipinski definition) is 1. The molecule has 1 fully saturated rings. The van der Waals surface area contributed by atoms with Gasteiger partial charge in [-0.15, -0.1) is 11.3 Å². The third kappa shape index (κ3) is 4.73. The molecule has 0 aromatic carbocycles. The van der Waals surface area contributed by atoms with Gasteiger partial charge in [0, 0.05) is 30.1 Å². The number of esters is 1. The van der Waals surface area contributed by atoms with Crippen LogP contribution in [-0.4, -0.2) is 31.6 Å². The smallest absolute Gasteiger partial charge is 0.341 e. The number of furan rings is 1. The van der Waals surface area contributed by atoms with Crippen LogP contribution in [0.25, 0.3) is 6.08 Å². The second-order valence-corrected chi connectivity index (χ2v) is 9.09. The van der Waals surface area contributed by atoms with Gasteiger partial charge in [-0.3, -0.25) is 4.79 Å². The monoisotopic (exact) mass is 453 g/mol. The highest BCUT2D eigenvalue weighted by Crippen LogP contribution is 2.39. The molecule has 1 N–H and O–H groups in total. The van der Waals surface area contributed by atoms with E-state index in [0.29, 0.717) is 16.3 Å². The summed E-state index contributed by atoms with van der Waals surface area (Å²) in [5, 5.41) is 12.8. The lowest BCUT2D eigenvalue weighted by molar-refractivity contribution is -0.112. The highest BCUT2D eigenvalue weighted by atomic mass is 32.1. The lowest BCUT2D eigenvalue weighted by Crippen LogP contribution is -2.28. The van der Waals surface area contributed by atoms with Crippen LogP contribution in [0.15, 0.2) is 22.1 Å². The van der Waals surface area contributed by atoms with Crippen molar-refractivity contribution < 1.29 is 18.7 Å². The molecule has 0 bridgehead atoms. The molecule has 168 valence electrons. The molecule has 0 saturated carbocycles. The minimum Gasteiger partial charge on any atom is -0.462 e. The van der Waals surface area contributed by atoms with Gasteiger partial charge >= 0.3 is 5.97 Å². The normalized spacial score (nSPS) is 16.2. The van der Waals surface area contributed by atoms with Crippen molar-refractivity contribution in [3.8, 4) is 6.07 Å². The van der Waals surface area contributed by atoms with Gasteiger partial charge in [0.25, 0.3) is 5.91 Å². The number of ether oxygens (including phenoxy) is 1. The van der Waals surface area contributed by atoms with E-state index in [9.17, 15) is 14.9 Å². The Kier molecular flexibility index (Phi) is 6.96. The number of nitriles is 1. The Morgan fingerprint density at radius 2 is 2.00 bits per heavy atom. The van der Waals surface area contributed by atoms with Crippen LogP contribution in [-0.2, 0) is 22.4 Å². The second kappa shape index (κ2) is 10.0. The number of rotatable bonds is 6. The van der Waals surface area contributed by atoms with Crippen LogP contribution in [0.1, 0.15) is 65.6 Å². The maximum absolute atomic E-state index is 12.9. The van der Waals surface area contributed by atoms with Crippen molar-refractivity contribution in [2.75, 3.05) is 29.9 Å². The van der Waals surface area contributed by atoms with E-state index in [2.05, 4.69) is 10.2 Å². The van der Waals surface area contributed by atoms with E-state index in [-0.39, 0.29) is 12.2 Å². The average Bonchev–Trinajstić information content (AvgIpc) is 3.42. The molecule has 7 nitrogen and oxygen atoms in total. The average molecular weight is 454 g/mol. The molecular weight excluding hydrogens is 426 g/mol. The Labute approximate surface area is 191 Å². The van der Waals surface area contributed by atoms with Crippen molar-refractivity contribution in [2.24, 2.45) is 0 Å². The molecular formula is C24H27N3O4S. The number of piperidine rings is 1. The summed E-state index contributed by atoms with van der Waals surface area (Å²) in [7, 11) is 0. The van der Waals surface area contributed by atoms with E-state index in [1.165, 1.54) is 23.8 Å². The molecule has 1 aliphatic carbocycles. The summed E-state index contributed by atoms with van der Waals surface area (Å²) >= 11 is 1.40. The number of hydrogen-bond acceptors (Lipinski definition) is 7. The van der Waals surface area contributed by atoms with Crippen LogP contribution in [0.3, 0.4) is 0 Å². The maximum Gasteiger partial charge on any atom is 0.341 e. The predicted octanol–water partition coefficient (Wildman–Crippen LogP) is 4.93. The summed E-state index contributed by atoms with van der Waals surface area (Å²) in [6.45, 7) is 3.91. The molecule has 1 amide bonds. The number of carbonyl (C=O) groups is 2. The zero-order valence-electron chi connectivity index (χ0n) is 18.2. The summed E-state index contributed by atoms with van der Waals surface area (Å²) in [5.41, 5.74) is 1.32. The van der Waals surface area contributed by atoms with Gasteiger partial charge in [-0.2, -0.15) is 5.26 Å². The lowest BCUT2D eigenvalue weighted by atomic mass is 9.95. The standard InChI is InChI=1S/C24H27N3O4S/c1-2-30-24(29)21-18-8-4-5-9-19(18)32-23(21)26-22(28)16(15-25)14-17-10-11-20(31-17)27-12-6-3-7-13-27/h10-11,14H,2-9,12-13H2,1H3,(H,26,28)/b16-14+. The summed E-state index contributed by atoms with van der Waals surface area (Å²) in [6.07, 6.45) is 8.67. The lowest BCUT2D eigenvalue weighted by Gasteiger charge is -2.25. The van der Waals surface area contributed by atoms with Crippen molar-refractivity contribution in [2.45, 2.75) is 51.9 Å². The highest BCUT2D eigenvalue weighted by Gasteiger charge is 2.28. The highest BCUT2D eigenvalue weighted by molar-refractivity contribution is 7.17. The van der Waals surface area contributed by atoms with E-state index in [1.807, 2.05) is 12.1 Å². The van der Waals surface area contributed by atoms with Gasteiger partial charge < -0.3 is 19.4 Å². The third-order valence-corrected chi connectivity index (χ3v) is 7.02. The number of amides is 1. The SMILES string of the molecule is CCOC(=O)c1c(NC(=O)/C(C#N)=C/c2ccc(N3CCCCC3)o2)sc2c1CCCC2. The number of carbonyl (C=O) groups excluding carboxylic acids is 2. The van der Waals surface area contributed by atoms with Crippen molar-refractivity contribution in [1.29, 1.82) is 5.26 Å². The fraction of sp³-hybridized carbons (Fsp3) is 0.458.